The van der Waals surface area contributed by atoms with Crippen molar-refractivity contribution in [1.29, 1.82) is 0 Å². The Morgan fingerprint density at radius 2 is 2.06 bits per heavy atom. The minimum absolute atomic E-state index is 0.0519. The van der Waals surface area contributed by atoms with Crippen LogP contribution in [0.5, 0.6) is 0 Å². The summed E-state index contributed by atoms with van der Waals surface area (Å²) >= 11 is 0. The van der Waals surface area contributed by atoms with Crippen LogP contribution in [0.2, 0.25) is 0 Å². The second-order valence-electron chi connectivity index (χ2n) is 3.78. The summed E-state index contributed by atoms with van der Waals surface area (Å²) in [7, 11) is -3.64. The Morgan fingerprint density at radius 1 is 1.28 bits per heavy atom. The second-order valence-corrected chi connectivity index (χ2v) is 5.43. The highest BCUT2D eigenvalue weighted by Crippen LogP contribution is 2.16. The van der Waals surface area contributed by atoms with Crippen LogP contribution in [0.15, 0.2) is 17.4 Å². The van der Waals surface area contributed by atoms with E-state index >= 15 is 0 Å². The highest BCUT2D eigenvalue weighted by atomic mass is 32.2. The second kappa shape index (κ2) is 4.81. The lowest BCUT2D eigenvalue weighted by molar-refractivity contribution is 0.597. The molecule has 7 nitrogen and oxygen atoms in total. The number of rotatable bonds is 5. The first-order valence-electron chi connectivity index (χ1n) is 5.65. The molecule has 0 spiro atoms. The molecular formula is C10H15N5O2S. The topological polar surface area (TPSA) is 104 Å². The van der Waals surface area contributed by atoms with Gasteiger partial charge in [0.1, 0.15) is 11.6 Å². The molecule has 2 rings (SSSR count). The molecule has 2 heterocycles. The number of H-pyrrole nitrogens is 2. The molecule has 0 saturated carbocycles. The average Bonchev–Trinajstić information content (AvgIpc) is 2.96. The summed E-state index contributed by atoms with van der Waals surface area (Å²) in [6.07, 6.45) is 4.25. The molecular weight excluding hydrogens is 254 g/mol. The van der Waals surface area contributed by atoms with Crippen molar-refractivity contribution in [2.45, 2.75) is 31.7 Å². The number of aryl methyl sites for hydroxylation is 2. The van der Waals surface area contributed by atoms with Gasteiger partial charge in [-0.1, -0.05) is 13.8 Å². The first-order chi connectivity index (χ1) is 8.56. The quantitative estimate of drug-likeness (QED) is 0.755. The fourth-order valence-corrected chi connectivity index (χ4v) is 2.52. The van der Waals surface area contributed by atoms with E-state index in [1.807, 2.05) is 13.8 Å². The fraction of sp³-hybridized carbons (Fsp3) is 0.400. The number of aromatic amines is 2. The lowest BCUT2D eigenvalue weighted by Crippen LogP contribution is -2.14. The minimum Gasteiger partial charge on any atom is -0.332 e. The summed E-state index contributed by atoms with van der Waals surface area (Å²) in [5, 5.41) is 6.50. The third kappa shape index (κ3) is 2.37. The normalized spacial score (nSPS) is 11.7. The van der Waals surface area contributed by atoms with Gasteiger partial charge in [-0.05, 0) is 6.42 Å². The molecule has 8 heteroatoms. The van der Waals surface area contributed by atoms with E-state index in [1.54, 1.807) is 6.20 Å². The molecule has 0 fully saturated rings. The number of aromatic nitrogens is 4. The number of hydrogen-bond acceptors (Lipinski definition) is 4. The molecule has 0 radical (unpaired) electrons. The van der Waals surface area contributed by atoms with Crippen molar-refractivity contribution in [3.05, 3.63) is 23.8 Å². The van der Waals surface area contributed by atoms with E-state index in [4.69, 9.17) is 0 Å². The Labute approximate surface area is 105 Å². The largest absolute Gasteiger partial charge is 0.332 e. The molecule has 0 bridgehead atoms. The minimum atomic E-state index is -3.64. The molecule has 0 aliphatic rings. The molecule has 0 unspecified atom stereocenters. The molecule has 3 N–H and O–H groups in total. The van der Waals surface area contributed by atoms with Gasteiger partial charge in [0, 0.05) is 12.0 Å². The number of hydrogen-bond donors (Lipinski definition) is 3. The summed E-state index contributed by atoms with van der Waals surface area (Å²) in [4.78, 5) is 6.73. The predicted octanol–water partition coefficient (Wildman–Crippen LogP) is 1.06. The third-order valence-electron chi connectivity index (χ3n) is 2.56. The Balaban J connectivity index is 2.27. The monoisotopic (exact) mass is 269 g/mol. The van der Waals surface area contributed by atoms with E-state index in [2.05, 4.69) is 24.9 Å². The predicted molar refractivity (Wildman–Crippen MR) is 66.7 cm³/mol. The van der Waals surface area contributed by atoms with Gasteiger partial charge in [-0.25, -0.2) is 4.98 Å². The zero-order valence-electron chi connectivity index (χ0n) is 10.2. The van der Waals surface area contributed by atoms with Gasteiger partial charge in [-0.15, -0.1) is 0 Å². The van der Waals surface area contributed by atoms with Crippen LogP contribution in [0.4, 0.5) is 5.82 Å². The van der Waals surface area contributed by atoms with Gasteiger partial charge in [-0.2, -0.15) is 13.5 Å². The lowest BCUT2D eigenvalue weighted by atomic mass is 10.3. The molecule has 2 aromatic rings. The van der Waals surface area contributed by atoms with Gasteiger partial charge in [0.2, 0.25) is 0 Å². The molecule has 0 amide bonds. The first-order valence-corrected chi connectivity index (χ1v) is 7.14. The van der Waals surface area contributed by atoms with Crippen LogP contribution >= 0.6 is 0 Å². The summed E-state index contributed by atoms with van der Waals surface area (Å²) in [5.41, 5.74) is 0.814. The fourth-order valence-electron chi connectivity index (χ4n) is 1.52. The van der Waals surface area contributed by atoms with Crippen LogP contribution < -0.4 is 4.72 Å². The van der Waals surface area contributed by atoms with Crippen LogP contribution in [0.3, 0.4) is 0 Å². The van der Waals surface area contributed by atoms with Crippen molar-refractivity contribution >= 4 is 15.8 Å². The highest BCUT2D eigenvalue weighted by Gasteiger charge is 2.19. The van der Waals surface area contributed by atoms with Gasteiger partial charge in [0.25, 0.3) is 10.0 Å². The smallest absolute Gasteiger partial charge is 0.280 e. The maximum absolute atomic E-state index is 12.1. The number of sulfonamides is 1. The van der Waals surface area contributed by atoms with Gasteiger partial charge >= 0.3 is 0 Å². The van der Waals surface area contributed by atoms with Crippen LogP contribution in [0, 0.1) is 0 Å². The van der Waals surface area contributed by atoms with Crippen molar-refractivity contribution in [3.63, 3.8) is 0 Å². The Morgan fingerprint density at radius 3 is 2.67 bits per heavy atom. The van der Waals surface area contributed by atoms with Crippen LogP contribution in [0.25, 0.3) is 0 Å². The molecule has 2 aromatic heterocycles. The Hall–Kier alpha value is -1.83. The molecule has 98 valence electrons. The van der Waals surface area contributed by atoms with E-state index in [9.17, 15) is 8.42 Å². The molecule has 0 aliphatic heterocycles. The maximum atomic E-state index is 12.1. The van der Waals surface area contributed by atoms with E-state index in [1.165, 1.54) is 6.20 Å². The summed E-state index contributed by atoms with van der Waals surface area (Å²) in [5.74, 6) is 1.03. The first kappa shape index (κ1) is 12.6. The van der Waals surface area contributed by atoms with Crippen molar-refractivity contribution in [3.8, 4) is 0 Å². The van der Waals surface area contributed by atoms with Crippen molar-refractivity contribution in [2.24, 2.45) is 0 Å². The van der Waals surface area contributed by atoms with Crippen molar-refractivity contribution in [2.75, 3.05) is 4.72 Å². The Kier molecular flexibility index (Phi) is 3.37. The number of anilines is 1. The molecule has 0 aliphatic carbocycles. The molecule has 18 heavy (non-hydrogen) atoms. The van der Waals surface area contributed by atoms with Gasteiger partial charge in [-0.3, -0.25) is 9.82 Å². The summed E-state index contributed by atoms with van der Waals surface area (Å²) < 4.78 is 26.6. The van der Waals surface area contributed by atoms with Crippen LogP contribution in [0.1, 0.15) is 25.2 Å². The number of nitrogens with one attached hydrogen (secondary N) is 3. The average molecular weight is 269 g/mol. The summed E-state index contributed by atoms with van der Waals surface area (Å²) in [6, 6.07) is 0. The molecule has 0 saturated heterocycles. The maximum Gasteiger partial charge on any atom is 0.280 e. The van der Waals surface area contributed by atoms with Gasteiger partial charge < -0.3 is 4.98 Å². The summed E-state index contributed by atoms with van der Waals surface area (Å²) in [6.45, 7) is 3.82. The molecule has 0 aromatic carbocycles. The van der Waals surface area contributed by atoms with Crippen molar-refractivity contribution in [1.82, 2.24) is 20.2 Å². The van der Waals surface area contributed by atoms with Gasteiger partial charge in [0.15, 0.2) is 5.03 Å². The van der Waals surface area contributed by atoms with Crippen LogP contribution in [-0.2, 0) is 22.9 Å². The van der Waals surface area contributed by atoms with E-state index < -0.39 is 10.0 Å². The highest BCUT2D eigenvalue weighted by molar-refractivity contribution is 7.92. The zero-order chi connectivity index (χ0) is 13.2. The number of imidazole rings is 1. The van der Waals surface area contributed by atoms with E-state index in [0.29, 0.717) is 24.5 Å². The Bertz CT molecular complexity index is 628. The van der Waals surface area contributed by atoms with Crippen LogP contribution in [-0.4, -0.2) is 28.6 Å². The van der Waals surface area contributed by atoms with E-state index in [0.717, 1.165) is 5.56 Å². The third-order valence-corrected chi connectivity index (χ3v) is 3.82. The molecule has 0 atom stereocenters. The standard InChI is InChI=1S/C10H15N5O2S/c1-3-7-5-12-14-10(7)15-18(16,17)9-6-11-8(4-2)13-9/h5-6H,3-4H2,1-2H3,(H,11,13)(H2,12,14,15). The zero-order valence-corrected chi connectivity index (χ0v) is 11.0. The number of nitrogens with zero attached hydrogens (tertiary/aromatic N) is 2. The van der Waals surface area contributed by atoms with Crippen molar-refractivity contribution < 1.29 is 8.42 Å². The van der Waals surface area contributed by atoms with E-state index in [-0.39, 0.29) is 5.03 Å². The van der Waals surface area contributed by atoms with Gasteiger partial charge in [0.05, 0.1) is 12.4 Å². The SMILES string of the molecule is CCc1ncc(S(=O)(=O)Nc2[nH]ncc2CC)[nH]1. The lowest BCUT2D eigenvalue weighted by Gasteiger charge is -2.05.